The maximum atomic E-state index is 13.2. The van der Waals surface area contributed by atoms with Gasteiger partial charge in [-0.1, -0.05) is 25.8 Å². The summed E-state index contributed by atoms with van der Waals surface area (Å²) in [5.74, 6) is -2.38. The summed E-state index contributed by atoms with van der Waals surface area (Å²) in [5, 5.41) is 11.2. The van der Waals surface area contributed by atoms with Crippen molar-refractivity contribution in [1.29, 1.82) is 0 Å². The number of rotatable bonds is 9. The Morgan fingerprint density at radius 1 is 1.00 bits per heavy atom. The van der Waals surface area contributed by atoms with E-state index in [1.807, 2.05) is 0 Å². The number of aromatic nitrogens is 1. The number of hydrogen-bond donors (Lipinski definition) is 1. The van der Waals surface area contributed by atoms with Gasteiger partial charge in [0.1, 0.15) is 17.3 Å². The van der Waals surface area contributed by atoms with Crippen LogP contribution >= 0.6 is 0 Å². The third kappa shape index (κ3) is 5.96. The van der Waals surface area contributed by atoms with Gasteiger partial charge in [-0.05, 0) is 60.5 Å². The number of amides is 1. The number of unbranched alkanes of at least 4 members (excludes halogenated alkanes) is 2. The number of pyridine rings is 1. The summed E-state index contributed by atoms with van der Waals surface area (Å²) >= 11 is 0. The number of nitrogens with zero attached hydrogens (tertiary/aromatic N) is 2. The maximum absolute atomic E-state index is 13.2. The van der Waals surface area contributed by atoms with E-state index in [4.69, 9.17) is 4.74 Å². The molecule has 7 nitrogen and oxygen atoms in total. The Kier molecular flexibility index (Phi) is 7.99. The standard InChI is InChI=1S/C28H25F3N2O5/c1-2-3-4-16-37-21-10-8-19(9-11-21)25(34)23-24(18-12-14-32-15-13-18)33(27(36)26(23)35)20-6-5-7-22(17-20)38-28(29,30)31/h5-15,17,24,34H,2-4,16H2,1H3/b25-23+. The van der Waals surface area contributed by atoms with Crippen molar-refractivity contribution in [2.75, 3.05) is 11.5 Å². The molecule has 4 rings (SSSR count). The molecule has 198 valence electrons. The molecule has 1 fully saturated rings. The van der Waals surface area contributed by atoms with Crippen molar-refractivity contribution < 1.29 is 37.3 Å². The normalized spacial score (nSPS) is 17.1. The Bertz CT molecular complexity index is 1320. The molecule has 0 saturated carbocycles. The van der Waals surface area contributed by atoms with Crippen molar-refractivity contribution in [2.24, 2.45) is 0 Å². The second-order valence-corrected chi connectivity index (χ2v) is 8.57. The molecule has 10 heteroatoms. The molecule has 1 N–H and O–H groups in total. The predicted molar refractivity (Wildman–Crippen MR) is 134 cm³/mol. The zero-order valence-electron chi connectivity index (χ0n) is 20.4. The molecule has 2 aromatic carbocycles. The first kappa shape index (κ1) is 26.7. The number of alkyl halides is 3. The van der Waals surface area contributed by atoms with Gasteiger partial charge in [-0.25, -0.2) is 0 Å². The minimum atomic E-state index is -4.94. The monoisotopic (exact) mass is 526 g/mol. The molecule has 1 aliphatic heterocycles. The van der Waals surface area contributed by atoms with E-state index in [2.05, 4.69) is 16.6 Å². The molecule has 0 radical (unpaired) electrons. The zero-order chi connectivity index (χ0) is 27.3. The lowest BCUT2D eigenvalue weighted by atomic mass is 9.95. The van der Waals surface area contributed by atoms with Crippen molar-refractivity contribution in [3.63, 3.8) is 0 Å². The summed E-state index contributed by atoms with van der Waals surface area (Å²) in [4.78, 5) is 31.4. The number of ketones is 1. The molecule has 1 atom stereocenters. The van der Waals surface area contributed by atoms with Crippen molar-refractivity contribution in [2.45, 2.75) is 38.6 Å². The van der Waals surface area contributed by atoms with E-state index in [1.54, 1.807) is 36.4 Å². The summed E-state index contributed by atoms with van der Waals surface area (Å²) in [6, 6.07) is 13.2. The van der Waals surface area contributed by atoms with E-state index in [9.17, 15) is 27.9 Å². The van der Waals surface area contributed by atoms with Crippen LogP contribution in [0.2, 0.25) is 0 Å². The quantitative estimate of drug-likeness (QED) is 0.155. The number of halogens is 3. The van der Waals surface area contributed by atoms with E-state index in [-0.39, 0.29) is 16.8 Å². The molecular weight excluding hydrogens is 501 g/mol. The summed E-state index contributed by atoms with van der Waals surface area (Å²) in [6.45, 7) is 2.64. The summed E-state index contributed by atoms with van der Waals surface area (Å²) < 4.78 is 48.1. The Morgan fingerprint density at radius 3 is 2.37 bits per heavy atom. The SMILES string of the molecule is CCCCCOc1ccc(/C(O)=C2\C(=O)C(=O)N(c3cccc(OC(F)(F)F)c3)C2c2ccncc2)cc1. The molecule has 0 spiro atoms. The van der Waals surface area contributed by atoms with Crippen LogP contribution in [0.1, 0.15) is 43.4 Å². The van der Waals surface area contributed by atoms with E-state index in [1.165, 1.54) is 24.5 Å². The van der Waals surface area contributed by atoms with Crippen molar-refractivity contribution >= 4 is 23.1 Å². The number of aliphatic hydroxyl groups excluding tert-OH is 1. The Morgan fingerprint density at radius 2 is 1.71 bits per heavy atom. The van der Waals surface area contributed by atoms with Crippen LogP contribution < -0.4 is 14.4 Å². The average molecular weight is 527 g/mol. The van der Waals surface area contributed by atoms with E-state index in [0.717, 1.165) is 36.3 Å². The number of benzene rings is 2. The van der Waals surface area contributed by atoms with E-state index < -0.39 is 35.6 Å². The summed E-state index contributed by atoms with van der Waals surface area (Å²) in [6.07, 6.45) is 0.962. The first-order valence-electron chi connectivity index (χ1n) is 12.0. The Hall–Kier alpha value is -4.34. The van der Waals surface area contributed by atoms with Gasteiger partial charge in [-0.3, -0.25) is 19.5 Å². The third-order valence-electron chi connectivity index (χ3n) is 5.94. The second kappa shape index (κ2) is 11.4. The largest absolute Gasteiger partial charge is 0.573 e. The first-order chi connectivity index (χ1) is 18.2. The molecule has 1 amide bonds. The van der Waals surface area contributed by atoms with Crippen LogP contribution in [-0.4, -0.2) is 34.8 Å². The van der Waals surface area contributed by atoms with Gasteiger partial charge in [0.25, 0.3) is 11.7 Å². The van der Waals surface area contributed by atoms with Crippen molar-refractivity contribution in [1.82, 2.24) is 4.98 Å². The van der Waals surface area contributed by atoms with Gasteiger partial charge < -0.3 is 14.6 Å². The number of carbonyl (C=O) groups excluding carboxylic acids is 2. The average Bonchev–Trinajstić information content (AvgIpc) is 3.16. The fraction of sp³-hybridized carbons (Fsp3) is 0.250. The number of carbonyl (C=O) groups is 2. The van der Waals surface area contributed by atoms with Crippen LogP contribution in [0, 0.1) is 0 Å². The molecular formula is C28H25F3N2O5. The van der Waals surface area contributed by atoms with Gasteiger partial charge in [-0.15, -0.1) is 13.2 Å². The minimum absolute atomic E-state index is 0.00876. The Balaban J connectivity index is 1.74. The smallest absolute Gasteiger partial charge is 0.507 e. The van der Waals surface area contributed by atoms with Crippen LogP contribution in [0.5, 0.6) is 11.5 Å². The highest BCUT2D eigenvalue weighted by atomic mass is 19.4. The molecule has 1 saturated heterocycles. The highest BCUT2D eigenvalue weighted by Gasteiger charge is 2.47. The van der Waals surface area contributed by atoms with E-state index >= 15 is 0 Å². The maximum Gasteiger partial charge on any atom is 0.573 e. The van der Waals surface area contributed by atoms with Crippen LogP contribution in [0.15, 0.2) is 78.6 Å². The molecule has 2 heterocycles. The fourth-order valence-electron chi connectivity index (χ4n) is 4.20. The van der Waals surface area contributed by atoms with Gasteiger partial charge >= 0.3 is 6.36 Å². The molecule has 0 bridgehead atoms. The Labute approximate surface area is 217 Å². The van der Waals surface area contributed by atoms with Crippen LogP contribution in [-0.2, 0) is 9.59 Å². The van der Waals surface area contributed by atoms with Crippen molar-refractivity contribution in [3.05, 3.63) is 89.8 Å². The fourth-order valence-corrected chi connectivity index (χ4v) is 4.20. The second-order valence-electron chi connectivity index (χ2n) is 8.57. The topological polar surface area (TPSA) is 89.0 Å². The first-order valence-corrected chi connectivity index (χ1v) is 12.0. The van der Waals surface area contributed by atoms with Gasteiger partial charge in [-0.2, -0.15) is 0 Å². The lowest BCUT2D eigenvalue weighted by Gasteiger charge is -2.25. The van der Waals surface area contributed by atoms with Gasteiger partial charge in [0.05, 0.1) is 18.2 Å². The summed E-state index contributed by atoms with van der Waals surface area (Å²) in [7, 11) is 0. The molecule has 1 aliphatic rings. The molecule has 1 unspecified atom stereocenters. The highest BCUT2D eigenvalue weighted by molar-refractivity contribution is 6.51. The number of anilines is 1. The third-order valence-corrected chi connectivity index (χ3v) is 5.94. The number of ether oxygens (including phenoxy) is 2. The lowest BCUT2D eigenvalue weighted by Crippen LogP contribution is -2.29. The number of aliphatic hydroxyl groups is 1. The van der Waals surface area contributed by atoms with Crippen LogP contribution in [0.3, 0.4) is 0 Å². The molecule has 0 aliphatic carbocycles. The zero-order valence-corrected chi connectivity index (χ0v) is 20.4. The van der Waals surface area contributed by atoms with Crippen LogP contribution in [0.25, 0.3) is 5.76 Å². The van der Waals surface area contributed by atoms with Crippen molar-refractivity contribution in [3.8, 4) is 11.5 Å². The van der Waals surface area contributed by atoms with Gasteiger partial charge in [0.15, 0.2) is 0 Å². The number of hydrogen-bond acceptors (Lipinski definition) is 6. The minimum Gasteiger partial charge on any atom is -0.507 e. The summed E-state index contributed by atoms with van der Waals surface area (Å²) in [5.41, 5.74) is 0.487. The number of Topliss-reactive ketones (excluding diaryl/α,β-unsaturated/α-hetero) is 1. The lowest BCUT2D eigenvalue weighted by molar-refractivity contribution is -0.274. The molecule has 3 aromatic rings. The predicted octanol–water partition coefficient (Wildman–Crippen LogP) is 6.18. The van der Waals surface area contributed by atoms with Gasteiger partial charge in [0, 0.05) is 29.7 Å². The molecule has 1 aromatic heterocycles. The highest BCUT2D eigenvalue weighted by Crippen LogP contribution is 2.43. The molecule has 38 heavy (non-hydrogen) atoms. The van der Waals surface area contributed by atoms with E-state index in [0.29, 0.717) is 17.9 Å². The van der Waals surface area contributed by atoms with Crippen LogP contribution in [0.4, 0.5) is 18.9 Å². The van der Waals surface area contributed by atoms with Gasteiger partial charge in [0.2, 0.25) is 0 Å².